The highest BCUT2D eigenvalue weighted by Gasteiger charge is 2.37. The second kappa shape index (κ2) is 5.93. The fourth-order valence-electron chi connectivity index (χ4n) is 1.83. The normalized spacial score (nSPS) is 35.1. The third-order valence-corrected chi connectivity index (χ3v) is 2.67. The van der Waals surface area contributed by atoms with Crippen LogP contribution in [-0.4, -0.2) is 52.6 Å². The SMILES string of the molecule is CC(C)C[C@H](O)[C@@H](O)[C@@H]1OC(C)OC[C@H]1O. The van der Waals surface area contributed by atoms with Gasteiger partial charge < -0.3 is 24.8 Å². The van der Waals surface area contributed by atoms with E-state index < -0.39 is 30.7 Å². The lowest BCUT2D eigenvalue weighted by atomic mass is 9.96. The van der Waals surface area contributed by atoms with Crippen molar-refractivity contribution in [3.05, 3.63) is 0 Å². The highest BCUT2D eigenvalue weighted by atomic mass is 16.7. The van der Waals surface area contributed by atoms with Crippen LogP contribution in [0.2, 0.25) is 0 Å². The summed E-state index contributed by atoms with van der Waals surface area (Å²) in [5.41, 5.74) is 0. The van der Waals surface area contributed by atoms with Crippen molar-refractivity contribution in [2.24, 2.45) is 5.92 Å². The van der Waals surface area contributed by atoms with Gasteiger partial charge in [0, 0.05) is 0 Å². The summed E-state index contributed by atoms with van der Waals surface area (Å²) in [7, 11) is 0. The summed E-state index contributed by atoms with van der Waals surface area (Å²) < 4.78 is 10.3. The van der Waals surface area contributed by atoms with E-state index in [4.69, 9.17) is 9.47 Å². The van der Waals surface area contributed by atoms with Gasteiger partial charge in [-0.15, -0.1) is 0 Å². The summed E-state index contributed by atoms with van der Waals surface area (Å²) in [6.45, 7) is 5.73. The largest absolute Gasteiger partial charge is 0.390 e. The highest BCUT2D eigenvalue weighted by molar-refractivity contribution is 4.84. The molecule has 16 heavy (non-hydrogen) atoms. The molecule has 0 aromatic heterocycles. The van der Waals surface area contributed by atoms with Gasteiger partial charge >= 0.3 is 0 Å². The maximum absolute atomic E-state index is 9.89. The first-order chi connectivity index (χ1) is 7.41. The molecule has 0 amide bonds. The van der Waals surface area contributed by atoms with Crippen LogP contribution in [0.4, 0.5) is 0 Å². The third kappa shape index (κ3) is 3.68. The Hall–Kier alpha value is -0.200. The molecule has 1 unspecified atom stereocenters. The molecule has 0 aromatic rings. The monoisotopic (exact) mass is 234 g/mol. The molecule has 0 bridgehead atoms. The van der Waals surface area contributed by atoms with Crippen molar-refractivity contribution in [3.8, 4) is 0 Å². The molecule has 1 heterocycles. The topological polar surface area (TPSA) is 79.2 Å². The van der Waals surface area contributed by atoms with Gasteiger partial charge in [-0.05, 0) is 19.3 Å². The average molecular weight is 234 g/mol. The molecule has 0 saturated carbocycles. The average Bonchev–Trinajstić information content (AvgIpc) is 2.19. The van der Waals surface area contributed by atoms with E-state index in [0.29, 0.717) is 6.42 Å². The molecule has 1 fully saturated rings. The lowest BCUT2D eigenvalue weighted by Crippen LogP contribution is -2.53. The minimum absolute atomic E-state index is 0.122. The molecule has 5 nitrogen and oxygen atoms in total. The molecule has 1 aliphatic rings. The van der Waals surface area contributed by atoms with Gasteiger partial charge in [-0.2, -0.15) is 0 Å². The zero-order valence-electron chi connectivity index (χ0n) is 10.0. The lowest BCUT2D eigenvalue weighted by molar-refractivity contribution is -0.272. The van der Waals surface area contributed by atoms with Crippen LogP contribution >= 0.6 is 0 Å². The quantitative estimate of drug-likeness (QED) is 0.632. The van der Waals surface area contributed by atoms with E-state index in [-0.39, 0.29) is 12.5 Å². The zero-order valence-corrected chi connectivity index (χ0v) is 10.0. The fraction of sp³-hybridized carbons (Fsp3) is 1.00. The van der Waals surface area contributed by atoms with E-state index >= 15 is 0 Å². The predicted molar refractivity (Wildman–Crippen MR) is 57.8 cm³/mol. The molecule has 5 heteroatoms. The van der Waals surface area contributed by atoms with Gasteiger partial charge in [0.15, 0.2) is 6.29 Å². The Morgan fingerprint density at radius 2 is 1.94 bits per heavy atom. The molecule has 1 saturated heterocycles. The summed E-state index contributed by atoms with van der Waals surface area (Å²) in [5, 5.41) is 29.3. The number of rotatable bonds is 4. The van der Waals surface area contributed by atoms with E-state index in [2.05, 4.69) is 0 Å². The molecular weight excluding hydrogens is 212 g/mol. The Morgan fingerprint density at radius 1 is 1.31 bits per heavy atom. The van der Waals surface area contributed by atoms with E-state index in [9.17, 15) is 15.3 Å². The number of aliphatic hydroxyl groups excluding tert-OH is 3. The molecule has 1 aliphatic heterocycles. The van der Waals surface area contributed by atoms with Gasteiger partial charge in [0.2, 0.25) is 0 Å². The van der Waals surface area contributed by atoms with Crippen molar-refractivity contribution in [1.29, 1.82) is 0 Å². The second-order valence-electron chi connectivity index (χ2n) is 4.76. The molecule has 0 aromatic carbocycles. The lowest BCUT2D eigenvalue weighted by Gasteiger charge is -2.36. The van der Waals surface area contributed by atoms with Crippen LogP contribution in [0.25, 0.3) is 0 Å². The number of hydrogen-bond acceptors (Lipinski definition) is 5. The van der Waals surface area contributed by atoms with Crippen molar-refractivity contribution in [1.82, 2.24) is 0 Å². The van der Waals surface area contributed by atoms with Gasteiger partial charge in [-0.1, -0.05) is 13.8 Å². The molecule has 0 spiro atoms. The summed E-state index contributed by atoms with van der Waals surface area (Å²) in [6.07, 6.45) is -3.63. The van der Waals surface area contributed by atoms with E-state index in [0.717, 1.165) is 0 Å². The van der Waals surface area contributed by atoms with Crippen LogP contribution in [0.1, 0.15) is 27.2 Å². The van der Waals surface area contributed by atoms with E-state index in [1.165, 1.54) is 0 Å². The standard InChI is InChI=1S/C11H22O5/c1-6(2)4-8(12)10(14)11-9(13)5-15-7(3)16-11/h6-14H,4-5H2,1-3H3/t7?,8-,9+,10+,11+/m0/s1. The Bertz CT molecular complexity index is 209. The van der Waals surface area contributed by atoms with Crippen LogP contribution in [0.15, 0.2) is 0 Å². The summed E-state index contributed by atoms with van der Waals surface area (Å²) in [6, 6.07) is 0. The molecule has 3 N–H and O–H groups in total. The summed E-state index contributed by atoms with van der Waals surface area (Å²) >= 11 is 0. The van der Waals surface area contributed by atoms with E-state index in [1.54, 1.807) is 6.92 Å². The van der Waals surface area contributed by atoms with Crippen molar-refractivity contribution >= 4 is 0 Å². The molecule has 5 atom stereocenters. The molecule has 0 aliphatic carbocycles. The van der Waals surface area contributed by atoms with E-state index in [1.807, 2.05) is 13.8 Å². The van der Waals surface area contributed by atoms with Crippen molar-refractivity contribution < 1.29 is 24.8 Å². The van der Waals surface area contributed by atoms with Crippen molar-refractivity contribution in [2.45, 2.75) is 57.9 Å². The molecule has 0 radical (unpaired) electrons. The Labute approximate surface area is 96.0 Å². The Balaban J connectivity index is 2.53. The van der Waals surface area contributed by atoms with Gasteiger partial charge in [-0.25, -0.2) is 0 Å². The molecular formula is C11H22O5. The minimum Gasteiger partial charge on any atom is -0.390 e. The van der Waals surface area contributed by atoms with Crippen molar-refractivity contribution in [2.75, 3.05) is 6.61 Å². The minimum atomic E-state index is -1.08. The van der Waals surface area contributed by atoms with Crippen LogP contribution in [0.3, 0.4) is 0 Å². The summed E-state index contributed by atoms with van der Waals surface area (Å²) in [4.78, 5) is 0. The first-order valence-corrected chi connectivity index (χ1v) is 5.73. The molecule has 96 valence electrons. The van der Waals surface area contributed by atoms with Crippen LogP contribution in [0.5, 0.6) is 0 Å². The number of ether oxygens (including phenoxy) is 2. The molecule has 1 rings (SSSR count). The zero-order chi connectivity index (χ0) is 12.3. The first kappa shape index (κ1) is 13.9. The van der Waals surface area contributed by atoms with Gasteiger partial charge in [-0.3, -0.25) is 0 Å². The number of hydrogen-bond donors (Lipinski definition) is 3. The maximum atomic E-state index is 9.89. The fourth-order valence-corrected chi connectivity index (χ4v) is 1.83. The Kier molecular flexibility index (Phi) is 5.14. The van der Waals surface area contributed by atoms with Crippen LogP contribution in [0, 0.1) is 5.92 Å². The van der Waals surface area contributed by atoms with Crippen LogP contribution in [-0.2, 0) is 9.47 Å². The smallest absolute Gasteiger partial charge is 0.155 e. The third-order valence-electron chi connectivity index (χ3n) is 2.67. The maximum Gasteiger partial charge on any atom is 0.155 e. The number of aliphatic hydroxyl groups is 3. The first-order valence-electron chi connectivity index (χ1n) is 5.73. The second-order valence-corrected chi connectivity index (χ2v) is 4.76. The Morgan fingerprint density at radius 3 is 2.50 bits per heavy atom. The van der Waals surface area contributed by atoms with Gasteiger partial charge in [0.05, 0.1) is 12.7 Å². The predicted octanol–water partition coefficient (Wildman–Crippen LogP) is -0.123. The van der Waals surface area contributed by atoms with Gasteiger partial charge in [0.25, 0.3) is 0 Å². The van der Waals surface area contributed by atoms with Crippen molar-refractivity contribution in [3.63, 3.8) is 0 Å². The van der Waals surface area contributed by atoms with Crippen LogP contribution < -0.4 is 0 Å². The van der Waals surface area contributed by atoms with Gasteiger partial charge in [0.1, 0.15) is 18.3 Å². The highest BCUT2D eigenvalue weighted by Crippen LogP contribution is 2.20. The summed E-state index contributed by atoms with van der Waals surface area (Å²) in [5.74, 6) is 0.277.